The van der Waals surface area contributed by atoms with E-state index in [9.17, 15) is 8.78 Å². The summed E-state index contributed by atoms with van der Waals surface area (Å²) in [6.07, 6.45) is 3.68. The maximum atomic E-state index is 13.5. The Hall–Kier alpha value is -2.22. The van der Waals surface area contributed by atoms with Gasteiger partial charge in [-0.15, -0.1) is 0 Å². The predicted octanol–water partition coefficient (Wildman–Crippen LogP) is 5.16. The maximum absolute atomic E-state index is 13.5. The number of nitrogens with zero attached hydrogens (tertiary/aromatic N) is 4. The molecule has 1 N–H and O–H groups in total. The van der Waals surface area contributed by atoms with Gasteiger partial charge in [0.15, 0.2) is 33.8 Å². The first kappa shape index (κ1) is 19.1. The Morgan fingerprint density at radius 1 is 1.25 bits per heavy atom. The summed E-state index contributed by atoms with van der Waals surface area (Å²) in [6, 6.07) is 4.49. The Morgan fingerprint density at radius 2 is 2.07 bits per heavy atom. The molecule has 1 aliphatic rings. The van der Waals surface area contributed by atoms with Crippen molar-refractivity contribution >= 4 is 28.7 Å². The number of anilines is 1. The number of benzene rings is 1. The van der Waals surface area contributed by atoms with E-state index in [2.05, 4.69) is 36.1 Å². The Balaban J connectivity index is 1.61. The maximum Gasteiger partial charge on any atom is 0.191 e. The summed E-state index contributed by atoms with van der Waals surface area (Å²) in [4.78, 5) is 13.9. The number of rotatable bonds is 7. The van der Waals surface area contributed by atoms with Crippen LogP contribution in [0.5, 0.6) is 0 Å². The lowest BCUT2D eigenvalue weighted by Gasteiger charge is -2.11. The number of fused-ring (bicyclic) bond motifs is 1. The zero-order valence-electron chi connectivity index (χ0n) is 16.1. The molecule has 0 spiro atoms. The molecule has 0 amide bonds. The van der Waals surface area contributed by atoms with Crippen LogP contribution in [0, 0.1) is 11.6 Å². The number of imidazole rings is 1. The van der Waals surface area contributed by atoms with Gasteiger partial charge in [-0.3, -0.25) is 0 Å². The largest absolute Gasteiger partial charge is 0.365 e. The third kappa shape index (κ3) is 3.70. The number of halogens is 2. The fourth-order valence-corrected chi connectivity index (χ4v) is 3.97. The predicted molar refractivity (Wildman–Crippen MR) is 108 cm³/mol. The molecule has 2 heterocycles. The Morgan fingerprint density at radius 3 is 2.79 bits per heavy atom. The van der Waals surface area contributed by atoms with Crippen LogP contribution in [0.25, 0.3) is 11.2 Å². The SMILES string of the molecule is CCCSc1nc(NC2C[C@H]2c2ccc(F)c(F)c2)c2ncn(C(C)C)c2n1. The summed E-state index contributed by atoms with van der Waals surface area (Å²) >= 11 is 1.63. The van der Waals surface area contributed by atoms with Crippen LogP contribution in [0.3, 0.4) is 0 Å². The van der Waals surface area contributed by atoms with Gasteiger partial charge in [0.2, 0.25) is 0 Å². The second-order valence-electron chi connectivity index (χ2n) is 7.39. The monoisotopic (exact) mass is 403 g/mol. The molecule has 1 fully saturated rings. The quantitative estimate of drug-likeness (QED) is 0.436. The average Bonchev–Trinajstić information content (AvgIpc) is 3.28. The van der Waals surface area contributed by atoms with E-state index in [0.717, 1.165) is 40.5 Å². The molecule has 0 saturated heterocycles. The van der Waals surface area contributed by atoms with E-state index in [4.69, 9.17) is 4.98 Å². The molecular formula is C20H23F2N5S. The van der Waals surface area contributed by atoms with Crippen LogP contribution >= 0.6 is 11.8 Å². The van der Waals surface area contributed by atoms with E-state index in [-0.39, 0.29) is 18.0 Å². The van der Waals surface area contributed by atoms with Crippen molar-refractivity contribution in [3.8, 4) is 0 Å². The van der Waals surface area contributed by atoms with Gasteiger partial charge in [-0.25, -0.2) is 23.7 Å². The van der Waals surface area contributed by atoms with Crippen molar-refractivity contribution in [2.75, 3.05) is 11.1 Å². The summed E-state index contributed by atoms with van der Waals surface area (Å²) in [5.74, 6) is 0.170. The number of hydrogen-bond acceptors (Lipinski definition) is 5. The van der Waals surface area contributed by atoms with E-state index < -0.39 is 11.6 Å². The molecule has 2 aromatic heterocycles. The molecule has 1 saturated carbocycles. The Bertz CT molecular complexity index is 1000. The highest BCUT2D eigenvalue weighted by molar-refractivity contribution is 7.99. The van der Waals surface area contributed by atoms with Crippen molar-refractivity contribution in [2.24, 2.45) is 0 Å². The molecule has 1 unspecified atom stereocenters. The number of nitrogens with one attached hydrogen (secondary N) is 1. The van der Waals surface area contributed by atoms with Crippen LogP contribution in [0.15, 0.2) is 29.7 Å². The highest BCUT2D eigenvalue weighted by Crippen LogP contribution is 2.43. The molecule has 0 aliphatic heterocycles. The molecule has 28 heavy (non-hydrogen) atoms. The third-order valence-electron chi connectivity index (χ3n) is 4.88. The molecule has 4 rings (SSSR count). The van der Waals surface area contributed by atoms with Gasteiger partial charge in [0.05, 0.1) is 6.33 Å². The smallest absolute Gasteiger partial charge is 0.191 e. The summed E-state index contributed by atoms with van der Waals surface area (Å²) in [6.45, 7) is 6.31. The molecule has 0 bridgehead atoms. The van der Waals surface area contributed by atoms with Gasteiger partial charge in [-0.05, 0) is 44.4 Å². The van der Waals surface area contributed by atoms with Crippen LogP contribution in [-0.4, -0.2) is 31.3 Å². The van der Waals surface area contributed by atoms with Crippen molar-refractivity contribution in [3.63, 3.8) is 0 Å². The van der Waals surface area contributed by atoms with Crippen LogP contribution in [-0.2, 0) is 0 Å². The normalized spacial score (nSPS) is 18.8. The van der Waals surface area contributed by atoms with Crippen LogP contribution in [0.2, 0.25) is 0 Å². The van der Waals surface area contributed by atoms with Crippen LogP contribution in [0.1, 0.15) is 51.1 Å². The minimum atomic E-state index is -0.816. The zero-order chi connectivity index (χ0) is 19.8. The van der Waals surface area contributed by atoms with Crippen molar-refractivity contribution in [1.29, 1.82) is 0 Å². The first-order chi connectivity index (χ1) is 13.5. The summed E-state index contributed by atoms with van der Waals surface area (Å²) in [7, 11) is 0. The molecule has 3 aromatic rings. The van der Waals surface area contributed by atoms with Crippen LogP contribution in [0.4, 0.5) is 14.6 Å². The van der Waals surface area contributed by atoms with Gasteiger partial charge in [-0.1, -0.05) is 24.8 Å². The second-order valence-corrected chi connectivity index (χ2v) is 8.45. The van der Waals surface area contributed by atoms with Crippen molar-refractivity contribution in [2.45, 2.75) is 56.8 Å². The molecular weight excluding hydrogens is 380 g/mol. The molecule has 8 heteroatoms. The average molecular weight is 404 g/mol. The fraction of sp³-hybridized carbons (Fsp3) is 0.450. The zero-order valence-corrected chi connectivity index (χ0v) is 16.9. The summed E-state index contributed by atoms with van der Waals surface area (Å²) < 4.78 is 28.8. The molecule has 5 nitrogen and oxygen atoms in total. The molecule has 1 aromatic carbocycles. The van der Waals surface area contributed by atoms with E-state index >= 15 is 0 Å². The molecule has 2 atom stereocenters. The van der Waals surface area contributed by atoms with Crippen molar-refractivity contribution in [3.05, 3.63) is 41.7 Å². The lowest BCUT2D eigenvalue weighted by atomic mass is 10.1. The van der Waals surface area contributed by atoms with Gasteiger partial charge in [-0.2, -0.15) is 0 Å². The highest BCUT2D eigenvalue weighted by Gasteiger charge is 2.39. The van der Waals surface area contributed by atoms with Gasteiger partial charge in [0.25, 0.3) is 0 Å². The minimum absolute atomic E-state index is 0.121. The highest BCUT2D eigenvalue weighted by atomic mass is 32.2. The Kier molecular flexibility index (Phi) is 5.23. The van der Waals surface area contributed by atoms with E-state index in [1.54, 1.807) is 24.2 Å². The third-order valence-corrected chi connectivity index (χ3v) is 5.93. The van der Waals surface area contributed by atoms with E-state index in [1.807, 2.05) is 4.57 Å². The molecule has 148 valence electrons. The van der Waals surface area contributed by atoms with E-state index in [1.165, 1.54) is 12.1 Å². The first-order valence-corrected chi connectivity index (χ1v) is 10.5. The number of thioether (sulfide) groups is 1. The van der Waals surface area contributed by atoms with Crippen molar-refractivity contribution in [1.82, 2.24) is 19.5 Å². The lowest BCUT2D eigenvalue weighted by molar-refractivity contribution is 0.507. The van der Waals surface area contributed by atoms with E-state index in [0.29, 0.717) is 5.82 Å². The second kappa shape index (κ2) is 7.66. The number of aromatic nitrogens is 4. The Labute approximate surface area is 167 Å². The number of hydrogen-bond donors (Lipinski definition) is 1. The minimum Gasteiger partial charge on any atom is -0.365 e. The van der Waals surface area contributed by atoms with Gasteiger partial charge in [0, 0.05) is 23.8 Å². The molecule has 1 aliphatic carbocycles. The lowest BCUT2D eigenvalue weighted by Crippen LogP contribution is -2.09. The topological polar surface area (TPSA) is 55.6 Å². The van der Waals surface area contributed by atoms with Gasteiger partial charge >= 0.3 is 0 Å². The van der Waals surface area contributed by atoms with Crippen molar-refractivity contribution < 1.29 is 8.78 Å². The van der Waals surface area contributed by atoms with Gasteiger partial charge < -0.3 is 9.88 Å². The molecule has 0 radical (unpaired) electrons. The summed E-state index contributed by atoms with van der Waals surface area (Å²) in [5, 5.41) is 4.18. The van der Waals surface area contributed by atoms with Gasteiger partial charge in [0.1, 0.15) is 0 Å². The fourth-order valence-electron chi connectivity index (χ4n) is 3.27. The first-order valence-electron chi connectivity index (χ1n) is 9.56. The standard InChI is InChI=1S/C20H23F2N5S/c1-4-7-28-20-25-18(17-19(26-20)27(10-23-17)11(2)3)24-16-9-13(16)12-5-6-14(21)15(22)8-12/h5-6,8,10-11,13,16H,4,7,9H2,1-3H3,(H,24,25,26)/t13-,16?/m0/s1. The summed E-state index contributed by atoms with van der Waals surface area (Å²) in [5.41, 5.74) is 2.36. The van der Waals surface area contributed by atoms with Crippen LogP contribution < -0.4 is 5.32 Å².